The van der Waals surface area contributed by atoms with Gasteiger partial charge in [-0.1, -0.05) is 23.7 Å². The van der Waals surface area contributed by atoms with Gasteiger partial charge in [0.25, 0.3) is 0 Å². The van der Waals surface area contributed by atoms with Gasteiger partial charge in [-0.05, 0) is 60.7 Å². The highest BCUT2D eigenvalue weighted by atomic mass is 16.6. The number of rotatable bonds is 0. The largest absolute Gasteiger partial charge is 0.486 e. The van der Waals surface area contributed by atoms with Crippen molar-refractivity contribution >= 4 is 0 Å². The predicted octanol–water partition coefficient (Wildman–Crippen LogP) is 4.03. The summed E-state index contributed by atoms with van der Waals surface area (Å²) in [7, 11) is 0. The molecule has 0 unspecified atom stereocenters. The van der Waals surface area contributed by atoms with E-state index in [2.05, 4.69) is 23.7 Å². The van der Waals surface area contributed by atoms with E-state index < -0.39 is 0 Å². The Hall–Kier alpha value is -4.02. The fraction of sp³-hybridized carbons (Fsp3) is 0.154. The van der Waals surface area contributed by atoms with Crippen molar-refractivity contribution < 1.29 is 18.9 Å². The quantitative estimate of drug-likeness (QED) is 0.540. The molecule has 0 N–H and O–H groups in total. The van der Waals surface area contributed by atoms with Crippen molar-refractivity contribution in [2.45, 2.75) is 0 Å². The lowest BCUT2D eigenvalue weighted by molar-refractivity contribution is 0.171. The van der Waals surface area contributed by atoms with Crippen LogP contribution in [0.5, 0.6) is 23.0 Å². The van der Waals surface area contributed by atoms with Gasteiger partial charge in [0, 0.05) is 22.3 Å². The van der Waals surface area contributed by atoms with Crippen molar-refractivity contribution in [3.8, 4) is 46.7 Å². The zero-order chi connectivity index (χ0) is 20.2. The van der Waals surface area contributed by atoms with Crippen LogP contribution in [-0.4, -0.2) is 26.4 Å². The molecule has 0 amide bonds. The number of hydrogen-bond donors (Lipinski definition) is 0. The molecule has 4 nitrogen and oxygen atoms in total. The normalized spacial score (nSPS) is 13.3. The average Bonchev–Trinajstić information content (AvgIpc) is 2.82. The maximum Gasteiger partial charge on any atom is 0.162 e. The molecular formula is C26H18O4. The summed E-state index contributed by atoms with van der Waals surface area (Å²) < 4.78 is 22.3. The summed E-state index contributed by atoms with van der Waals surface area (Å²) in [4.78, 5) is 0. The molecule has 0 fully saturated rings. The van der Waals surface area contributed by atoms with E-state index in [1.54, 1.807) is 0 Å². The fourth-order valence-corrected chi connectivity index (χ4v) is 3.17. The van der Waals surface area contributed by atoms with Crippen molar-refractivity contribution in [3.63, 3.8) is 0 Å². The molecule has 146 valence electrons. The summed E-state index contributed by atoms with van der Waals surface area (Å²) in [5.74, 6) is 15.7. The Morgan fingerprint density at radius 1 is 0.400 bits per heavy atom. The highest BCUT2D eigenvalue weighted by molar-refractivity contribution is 5.53. The van der Waals surface area contributed by atoms with Crippen molar-refractivity contribution in [2.75, 3.05) is 26.4 Å². The molecular weight excluding hydrogens is 376 g/mol. The maximum atomic E-state index is 5.60. The summed E-state index contributed by atoms with van der Waals surface area (Å²) in [6, 6.07) is 19.4. The van der Waals surface area contributed by atoms with E-state index >= 15 is 0 Å². The van der Waals surface area contributed by atoms with Gasteiger partial charge >= 0.3 is 0 Å². The van der Waals surface area contributed by atoms with Crippen LogP contribution >= 0.6 is 0 Å². The summed E-state index contributed by atoms with van der Waals surface area (Å²) >= 11 is 0. The first-order valence-electron chi connectivity index (χ1n) is 9.77. The smallest absolute Gasteiger partial charge is 0.162 e. The standard InChI is InChI=1S/C26H18O4/c1-2-20(6-8-22-10-12-24-26(18-22)30-16-14-28-24)4-3-19(1)5-7-21-9-11-23-25(17-21)29-15-13-27-23/h1-4,9-12,17-18H,13-16H2. The van der Waals surface area contributed by atoms with Crippen LogP contribution in [0.4, 0.5) is 0 Å². The molecule has 0 radical (unpaired) electrons. The first kappa shape index (κ1) is 18.0. The van der Waals surface area contributed by atoms with Gasteiger partial charge in [0.2, 0.25) is 0 Å². The number of fused-ring (bicyclic) bond motifs is 2. The molecule has 0 saturated heterocycles. The second-order valence-corrected chi connectivity index (χ2v) is 6.79. The van der Waals surface area contributed by atoms with Crippen LogP contribution in [0.3, 0.4) is 0 Å². The number of hydrogen-bond acceptors (Lipinski definition) is 4. The van der Waals surface area contributed by atoms with Gasteiger partial charge in [0.05, 0.1) is 0 Å². The van der Waals surface area contributed by atoms with Gasteiger partial charge in [-0.3, -0.25) is 0 Å². The summed E-state index contributed by atoms with van der Waals surface area (Å²) in [6.07, 6.45) is 0. The predicted molar refractivity (Wildman–Crippen MR) is 113 cm³/mol. The minimum atomic E-state index is 0.568. The first-order valence-corrected chi connectivity index (χ1v) is 9.77. The lowest BCUT2D eigenvalue weighted by Gasteiger charge is -2.17. The third kappa shape index (κ3) is 4.04. The van der Waals surface area contributed by atoms with Gasteiger partial charge in [0.15, 0.2) is 23.0 Å². The Labute approximate surface area is 175 Å². The van der Waals surface area contributed by atoms with Gasteiger partial charge in [-0.25, -0.2) is 0 Å². The molecule has 3 aromatic carbocycles. The Bertz CT molecular complexity index is 1110. The van der Waals surface area contributed by atoms with Crippen LogP contribution in [0, 0.1) is 23.7 Å². The molecule has 4 heteroatoms. The van der Waals surface area contributed by atoms with Crippen LogP contribution in [0.2, 0.25) is 0 Å². The number of benzene rings is 3. The molecule has 0 atom stereocenters. The lowest BCUT2D eigenvalue weighted by atomic mass is 10.1. The topological polar surface area (TPSA) is 36.9 Å². The Kier molecular flexibility index (Phi) is 4.90. The van der Waals surface area contributed by atoms with Crippen LogP contribution in [0.25, 0.3) is 0 Å². The minimum Gasteiger partial charge on any atom is -0.486 e. The molecule has 2 aliphatic rings. The fourth-order valence-electron chi connectivity index (χ4n) is 3.17. The molecule has 3 aromatic rings. The van der Waals surface area contributed by atoms with Crippen molar-refractivity contribution in [2.24, 2.45) is 0 Å². The van der Waals surface area contributed by atoms with Gasteiger partial charge < -0.3 is 18.9 Å². The Balaban J connectivity index is 1.29. The third-order valence-electron chi connectivity index (χ3n) is 4.67. The molecule has 0 bridgehead atoms. The molecule has 0 aliphatic carbocycles. The van der Waals surface area contributed by atoms with Crippen LogP contribution in [-0.2, 0) is 0 Å². The zero-order valence-corrected chi connectivity index (χ0v) is 16.2. The Morgan fingerprint density at radius 2 is 0.733 bits per heavy atom. The molecule has 5 rings (SSSR count). The second-order valence-electron chi connectivity index (χ2n) is 6.79. The van der Waals surface area contributed by atoms with Crippen LogP contribution < -0.4 is 18.9 Å². The molecule has 0 spiro atoms. The molecule has 0 aromatic heterocycles. The molecule has 2 heterocycles. The number of ether oxygens (including phenoxy) is 4. The van der Waals surface area contributed by atoms with E-state index in [0.29, 0.717) is 26.4 Å². The van der Waals surface area contributed by atoms with E-state index in [1.165, 1.54) is 0 Å². The van der Waals surface area contributed by atoms with E-state index in [4.69, 9.17) is 18.9 Å². The van der Waals surface area contributed by atoms with E-state index in [9.17, 15) is 0 Å². The average molecular weight is 394 g/mol. The first-order chi connectivity index (χ1) is 14.8. The molecule has 0 saturated carbocycles. The highest BCUT2D eigenvalue weighted by Crippen LogP contribution is 2.31. The zero-order valence-electron chi connectivity index (χ0n) is 16.2. The van der Waals surface area contributed by atoms with E-state index in [0.717, 1.165) is 45.3 Å². The summed E-state index contributed by atoms with van der Waals surface area (Å²) in [6.45, 7) is 2.31. The van der Waals surface area contributed by atoms with Crippen LogP contribution in [0.15, 0.2) is 60.7 Å². The maximum absolute atomic E-state index is 5.60. The van der Waals surface area contributed by atoms with Crippen molar-refractivity contribution in [3.05, 3.63) is 82.9 Å². The highest BCUT2D eigenvalue weighted by Gasteiger charge is 2.11. The molecule has 2 aliphatic heterocycles. The summed E-state index contributed by atoms with van der Waals surface area (Å²) in [5.41, 5.74) is 3.63. The minimum absolute atomic E-state index is 0.568. The van der Waals surface area contributed by atoms with Gasteiger partial charge in [-0.15, -0.1) is 0 Å². The van der Waals surface area contributed by atoms with Crippen LogP contribution in [0.1, 0.15) is 22.3 Å². The van der Waals surface area contributed by atoms with Gasteiger partial charge in [-0.2, -0.15) is 0 Å². The van der Waals surface area contributed by atoms with E-state index in [1.807, 2.05) is 60.7 Å². The molecule has 30 heavy (non-hydrogen) atoms. The van der Waals surface area contributed by atoms with Gasteiger partial charge in [0.1, 0.15) is 26.4 Å². The SMILES string of the molecule is C(#Cc1ccc2c(c1)OCCO2)c1ccc(C#Cc2ccc3c(c2)OCCO3)cc1. The third-order valence-corrected chi connectivity index (χ3v) is 4.67. The lowest BCUT2D eigenvalue weighted by Crippen LogP contribution is -2.15. The van der Waals surface area contributed by atoms with Crippen molar-refractivity contribution in [1.82, 2.24) is 0 Å². The van der Waals surface area contributed by atoms with E-state index in [-0.39, 0.29) is 0 Å². The Morgan fingerprint density at radius 3 is 1.17 bits per heavy atom. The summed E-state index contributed by atoms with van der Waals surface area (Å²) in [5, 5.41) is 0. The monoisotopic (exact) mass is 394 g/mol. The second kappa shape index (κ2) is 8.15. The van der Waals surface area contributed by atoms with Crippen molar-refractivity contribution in [1.29, 1.82) is 0 Å².